The van der Waals surface area contributed by atoms with E-state index >= 15 is 0 Å². The second-order valence-corrected chi connectivity index (χ2v) is 10.8. The third kappa shape index (κ3) is 5.91. The second-order valence-electron chi connectivity index (χ2n) is 9.81. The Morgan fingerprint density at radius 1 is 1.15 bits per heavy atom. The number of anilines is 2. The Bertz CT molecular complexity index is 993. The molecule has 2 saturated heterocycles. The Hall–Kier alpha value is -2.03. The van der Waals surface area contributed by atoms with Gasteiger partial charge in [0.2, 0.25) is 0 Å². The second kappa shape index (κ2) is 10.5. The fourth-order valence-electron chi connectivity index (χ4n) is 4.95. The highest BCUT2D eigenvalue weighted by Gasteiger charge is 2.29. The van der Waals surface area contributed by atoms with E-state index in [-0.39, 0.29) is 5.56 Å². The molecule has 1 aliphatic carbocycles. The molecule has 1 atom stereocenters. The molecule has 7 nitrogen and oxygen atoms in total. The molecule has 1 saturated carbocycles. The summed E-state index contributed by atoms with van der Waals surface area (Å²) in [5.41, 5.74) is 7.56. The van der Waals surface area contributed by atoms with Gasteiger partial charge in [0.1, 0.15) is 11.6 Å². The molecular formula is C25H36N6OS. The van der Waals surface area contributed by atoms with Crippen molar-refractivity contribution in [2.24, 2.45) is 5.92 Å². The van der Waals surface area contributed by atoms with Crippen molar-refractivity contribution in [3.05, 3.63) is 46.0 Å². The van der Waals surface area contributed by atoms with Gasteiger partial charge < -0.3 is 26.3 Å². The van der Waals surface area contributed by atoms with Crippen molar-refractivity contribution in [1.82, 2.24) is 20.2 Å². The van der Waals surface area contributed by atoms with Gasteiger partial charge >= 0.3 is 0 Å². The first-order chi connectivity index (χ1) is 16.2. The summed E-state index contributed by atoms with van der Waals surface area (Å²) in [4.78, 5) is 25.0. The summed E-state index contributed by atoms with van der Waals surface area (Å²) in [6, 6.07) is 8.11. The number of piperidine rings is 2. The largest absolute Gasteiger partial charge is 0.398 e. The number of thioether (sulfide) groups is 1. The monoisotopic (exact) mass is 468 g/mol. The number of benzene rings is 1. The maximum absolute atomic E-state index is 13.3. The SMILES string of the molecule is Nc1ccccc1SCc1c(NC2CCCNC2)nc(C2CCN(CC3CC3)CC2)[nH]c1=O. The standard InChI is InChI=1S/C25H36N6OS/c26-21-5-1-2-6-22(21)33-16-20-24(28-19-4-3-11-27-14-19)29-23(30-25(20)32)18-9-12-31(13-10-18)15-17-7-8-17/h1-2,5-6,17-19,27H,3-4,7-16,26H2,(H2,28,29,30,32). The van der Waals surface area contributed by atoms with E-state index < -0.39 is 0 Å². The van der Waals surface area contributed by atoms with Crippen molar-refractivity contribution in [3.63, 3.8) is 0 Å². The number of nitrogens with zero attached hydrogens (tertiary/aromatic N) is 2. The van der Waals surface area contributed by atoms with E-state index in [0.717, 1.165) is 80.0 Å². The highest BCUT2D eigenvalue weighted by atomic mass is 32.2. The molecule has 3 heterocycles. The van der Waals surface area contributed by atoms with Crippen molar-refractivity contribution >= 4 is 23.3 Å². The first-order valence-electron chi connectivity index (χ1n) is 12.5. The van der Waals surface area contributed by atoms with E-state index in [2.05, 4.69) is 20.5 Å². The van der Waals surface area contributed by atoms with Crippen molar-refractivity contribution < 1.29 is 0 Å². The first kappa shape index (κ1) is 22.7. The average molecular weight is 469 g/mol. The number of nitrogen functional groups attached to an aromatic ring is 1. The van der Waals surface area contributed by atoms with Gasteiger partial charge in [0.15, 0.2) is 0 Å². The zero-order valence-electron chi connectivity index (χ0n) is 19.3. The minimum Gasteiger partial charge on any atom is -0.398 e. The van der Waals surface area contributed by atoms with E-state index in [1.54, 1.807) is 11.8 Å². The number of rotatable bonds is 8. The van der Waals surface area contributed by atoms with Crippen LogP contribution >= 0.6 is 11.8 Å². The number of hydrogen-bond donors (Lipinski definition) is 4. The van der Waals surface area contributed by atoms with E-state index in [4.69, 9.17) is 10.7 Å². The Morgan fingerprint density at radius 3 is 2.70 bits per heavy atom. The maximum atomic E-state index is 13.3. The number of likely N-dealkylation sites (tertiary alicyclic amines) is 1. The molecule has 5 rings (SSSR count). The van der Waals surface area contributed by atoms with E-state index in [0.29, 0.717) is 23.3 Å². The van der Waals surface area contributed by atoms with Crippen molar-refractivity contribution in [3.8, 4) is 0 Å². The van der Waals surface area contributed by atoms with Crippen LogP contribution in [0, 0.1) is 5.92 Å². The highest BCUT2D eigenvalue weighted by molar-refractivity contribution is 7.98. The number of aromatic amines is 1. The van der Waals surface area contributed by atoms with Crippen LogP contribution in [-0.2, 0) is 5.75 Å². The van der Waals surface area contributed by atoms with E-state index in [1.165, 1.54) is 19.4 Å². The summed E-state index contributed by atoms with van der Waals surface area (Å²) in [7, 11) is 0. The molecule has 33 heavy (non-hydrogen) atoms. The fourth-order valence-corrected chi connectivity index (χ4v) is 5.92. The number of nitrogens with one attached hydrogen (secondary N) is 3. The zero-order valence-corrected chi connectivity index (χ0v) is 20.1. The molecule has 5 N–H and O–H groups in total. The topological polar surface area (TPSA) is 99.1 Å². The fraction of sp³-hybridized carbons (Fsp3) is 0.600. The van der Waals surface area contributed by atoms with Gasteiger partial charge in [-0.15, -0.1) is 11.8 Å². The van der Waals surface area contributed by atoms with Crippen molar-refractivity contribution in [1.29, 1.82) is 0 Å². The van der Waals surface area contributed by atoms with Gasteiger partial charge in [-0.25, -0.2) is 4.98 Å². The summed E-state index contributed by atoms with van der Waals surface area (Å²) in [6.07, 6.45) is 7.15. The normalized spacial score (nSPS) is 22.4. The van der Waals surface area contributed by atoms with Crippen LogP contribution < -0.4 is 21.9 Å². The minimum atomic E-state index is -0.0197. The third-order valence-corrected chi connectivity index (χ3v) is 8.27. The Kier molecular flexibility index (Phi) is 7.23. The first-order valence-corrected chi connectivity index (χ1v) is 13.4. The third-order valence-electron chi connectivity index (χ3n) is 7.15. The smallest absolute Gasteiger partial charge is 0.257 e. The number of para-hydroxylation sites is 1. The highest BCUT2D eigenvalue weighted by Crippen LogP contribution is 2.33. The van der Waals surface area contributed by atoms with Crippen LogP contribution in [0.3, 0.4) is 0 Å². The Morgan fingerprint density at radius 2 is 1.97 bits per heavy atom. The molecule has 1 unspecified atom stereocenters. The molecule has 2 aliphatic heterocycles. The zero-order chi connectivity index (χ0) is 22.6. The lowest BCUT2D eigenvalue weighted by molar-refractivity contribution is 0.202. The molecule has 0 radical (unpaired) electrons. The van der Waals surface area contributed by atoms with Crippen molar-refractivity contribution in [2.75, 3.05) is 43.8 Å². The van der Waals surface area contributed by atoms with E-state index in [9.17, 15) is 4.79 Å². The molecule has 1 aromatic heterocycles. The quantitative estimate of drug-likeness (QED) is 0.348. The molecular weight excluding hydrogens is 432 g/mol. The van der Waals surface area contributed by atoms with Crippen molar-refractivity contribution in [2.45, 2.75) is 61.1 Å². The van der Waals surface area contributed by atoms with Crippen LogP contribution in [0.2, 0.25) is 0 Å². The molecule has 3 aliphatic rings. The summed E-state index contributed by atoms with van der Waals surface area (Å²) in [5, 5.41) is 7.07. The predicted octanol–water partition coefficient (Wildman–Crippen LogP) is 3.40. The van der Waals surface area contributed by atoms with Crippen LogP contribution in [0.25, 0.3) is 0 Å². The number of hydrogen-bond acceptors (Lipinski definition) is 7. The molecule has 0 amide bonds. The van der Waals surface area contributed by atoms with Gasteiger partial charge in [-0.1, -0.05) is 12.1 Å². The van der Waals surface area contributed by atoms with Crippen LogP contribution in [0.4, 0.5) is 11.5 Å². The van der Waals surface area contributed by atoms with E-state index in [1.807, 2.05) is 24.3 Å². The number of H-pyrrole nitrogens is 1. The number of aromatic nitrogens is 2. The molecule has 0 spiro atoms. The van der Waals surface area contributed by atoms with Gasteiger partial charge in [0.25, 0.3) is 5.56 Å². The summed E-state index contributed by atoms with van der Waals surface area (Å²) in [6.45, 7) is 5.41. The summed E-state index contributed by atoms with van der Waals surface area (Å²) in [5.74, 6) is 3.40. The molecule has 0 bridgehead atoms. The molecule has 2 aromatic rings. The van der Waals surface area contributed by atoms with Gasteiger partial charge in [0, 0.05) is 41.4 Å². The lowest BCUT2D eigenvalue weighted by Gasteiger charge is -2.32. The lowest BCUT2D eigenvalue weighted by Crippen LogP contribution is -2.39. The molecule has 3 fully saturated rings. The predicted molar refractivity (Wildman–Crippen MR) is 136 cm³/mol. The van der Waals surface area contributed by atoms with Gasteiger partial charge in [0.05, 0.1) is 5.56 Å². The Balaban J connectivity index is 1.34. The minimum absolute atomic E-state index is 0.0197. The van der Waals surface area contributed by atoms with Gasteiger partial charge in [-0.3, -0.25) is 4.79 Å². The van der Waals surface area contributed by atoms with Gasteiger partial charge in [-0.05, 0) is 76.2 Å². The average Bonchev–Trinajstić information content (AvgIpc) is 3.65. The van der Waals surface area contributed by atoms with Crippen LogP contribution in [-0.4, -0.2) is 53.6 Å². The van der Waals surface area contributed by atoms with Crippen LogP contribution in [0.5, 0.6) is 0 Å². The molecule has 178 valence electrons. The lowest BCUT2D eigenvalue weighted by atomic mass is 9.95. The number of nitrogens with two attached hydrogens (primary N) is 1. The van der Waals surface area contributed by atoms with Gasteiger partial charge in [-0.2, -0.15) is 0 Å². The summed E-state index contributed by atoms with van der Waals surface area (Å²) >= 11 is 1.60. The molecule has 8 heteroatoms. The molecule has 1 aromatic carbocycles. The summed E-state index contributed by atoms with van der Waals surface area (Å²) < 4.78 is 0. The van der Waals surface area contributed by atoms with Crippen LogP contribution in [0.15, 0.2) is 34.0 Å². The maximum Gasteiger partial charge on any atom is 0.257 e. The Labute approximate surface area is 200 Å². The van der Waals surface area contributed by atoms with Crippen LogP contribution in [0.1, 0.15) is 55.8 Å².